The second-order valence-electron chi connectivity index (χ2n) is 7.43. The summed E-state index contributed by atoms with van der Waals surface area (Å²) in [5.74, 6) is -0.297. The Hall–Kier alpha value is -2.93. The Morgan fingerprint density at radius 3 is 2.72 bits per heavy atom. The average molecular weight is 398 g/mol. The summed E-state index contributed by atoms with van der Waals surface area (Å²) in [5.41, 5.74) is 7.58. The second kappa shape index (κ2) is 10.0. The highest BCUT2D eigenvalue weighted by atomic mass is 19.1. The molecule has 154 valence electrons. The Balaban J connectivity index is 1.46. The minimum Gasteiger partial charge on any atom is -0.341 e. The van der Waals surface area contributed by atoms with Crippen LogP contribution in [0.15, 0.2) is 54.6 Å². The molecule has 1 fully saturated rings. The molecular formula is C22H27FN4O2. The van der Waals surface area contributed by atoms with Crippen molar-refractivity contribution in [1.82, 2.24) is 10.2 Å². The van der Waals surface area contributed by atoms with E-state index in [1.165, 1.54) is 18.2 Å². The highest BCUT2D eigenvalue weighted by molar-refractivity contribution is 5.89. The minimum atomic E-state index is -0.569. The first-order chi connectivity index (χ1) is 14.0. The summed E-state index contributed by atoms with van der Waals surface area (Å²) in [6, 6.07) is 14.5. The molecule has 0 aromatic heterocycles. The Morgan fingerprint density at radius 2 is 1.97 bits per heavy atom. The van der Waals surface area contributed by atoms with Gasteiger partial charge < -0.3 is 21.3 Å². The van der Waals surface area contributed by atoms with E-state index in [1.54, 1.807) is 11.0 Å². The van der Waals surface area contributed by atoms with Crippen molar-refractivity contribution in [3.8, 4) is 0 Å². The second-order valence-corrected chi connectivity index (χ2v) is 7.43. The summed E-state index contributed by atoms with van der Waals surface area (Å²) in [6.45, 7) is 1.70. The summed E-state index contributed by atoms with van der Waals surface area (Å²) in [6.07, 6.45) is 2.31. The molecule has 6 nitrogen and oxygen atoms in total. The number of hydrogen-bond acceptors (Lipinski definition) is 3. The predicted octanol–water partition coefficient (Wildman–Crippen LogP) is 2.76. The van der Waals surface area contributed by atoms with Gasteiger partial charge in [0.05, 0.1) is 6.04 Å². The van der Waals surface area contributed by atoms with Crippen LogP contribution in [-0.2, 0) is 11.2 Å². The van der Waals surface area contributed by atoms with E-state index < -0.39 is 11.9 Å². The summed E-state index contributed by atoms with van der Waals surface area (Å²) in [4.78, 5) is 26.6. The number of benzene rings is 2. The van der Waals surface area contributed by atoms with Crippen molar-refractivity contribution >= 4 is 17.6 Å². The number of likely N-dealkylation sites (tertiary alicyclic amines) is 1. The smallest absolute Gasteiger partial charge is 0.319 e. The molecule has 3 rings (SSSR count). The lowest BCUT2D eigenvalue weighted by Crippen LogP contribution is -2.50. The zero-order valence-corrected chi connectivity index (χ0v) is 16.3. The number of anilines is 1. The standard InChI is InChI=1S/C22H27FN4O2/c23-18-9-4-10-19(13-18)26-22(29)25-14-17-8-5-11-27(15-17)21(28)20(24)12-16-6-2-1-3-7-16/h1-4,6-7,9-10,13,17,20H,5,8,11-12,14-15,24H2,(H2,25,26,29)/t17?,20-/m0/s1. The van der Waals surface area contributed by atoms with Gasteiger partial charge in [0.2, 0.25) is 5.91 Å². The first kappa shape index (κ1) is 20.8. The van der Waals surface area contributed by atoms with Gasteiger partial charge in [-0.25, -0.2) is 9.18 Å². The molecule has 1 aliphatic rings. The molecule has 7 heteroatoms. The number of nitrogens with one attached hydrogen (secondary N) is 2. The maximum absolute atomic E-state index is 13.2. The van der Waals surface area contributed by atoms with Crippen LogP contribution in [-0.4, -0.2) is 42.5 Å². The first-order valence-electron chi connectivity index (χ1n) is 9.90. The normalized spacial score (nSPS) is 17.4. The van der Waals surface area contributed by atoms with Gasteiger partial charge in [-0.3, -0.25) is 4.79 Å². The van der Waals surface area contributed by atoms with Gasteiger partial charge in [-0.2, -0.15) is 0 Å². The van der Waals surface area contributed by atoms with Crippen molar-refractivity contribution in [2.24, 2.45) is 11.7 Å². The van der Waals surface area contributed by atoms with Gasteiger partial charge in [0.15, 0.2) is 0 Å². The SMILES string of the molecule is N[C@@H](Cc1ccccc1)C(=O)N1CCCC(CNC(=O)Nc2cccc(F)c2)C1. The fraction of sp³-hybridized carbons (Fsp3) is 0.364. The van der Waals surface area contributed by atoms with E-state index in [2.05, 4.69) is 10.6 Å². The Morgan fingerprint density at radius 1 is 1.17 bits per heavy atom. The molecule has 0 saturated carbocycles. The molecule has 0 aliphatic carbocycles. The maximum Gasteiger partial charge on any atom is 0.319 e. The van der Waals surface area contributed by atoms with Crippen LogP contribution >= 0.6 is 0 Å². The molecule has 2 atom stereocenters. The molecule has 1 saturated heterocycles. The summed E-state index contributed by atoms with van der Waals surface area (Å²) in [7, 11) is 0. The fourth-order valence-corrected chi connectivity index (χ4v) is 3.60. The van der Waals surface area contributed by atoms with Crippen LogP contribution in [0.1, 0.15) is 18.4 Å². The molecule has 3 amide bonds. The van der Waals surface area contributed by atoms with E-state index in [1.807, 2.05) is 30.3 Å². The zero-order valence-electron chi connectivity index (χ0n) is 16.3. The lowest BCUT2D eigenvalue weighted by molar-refractivity contribution is -0.134. The van der Waals surface area contributed by atoms with Gasteiger partial charge in [0, 0.05) is 25.3 Å². The van der Waals surface area contributed by atoms with Gasteiger partial charge in [-0.05, 0) is 48.9 Å². The van der Waals surface area contributed by atoms with Crippen LogP contribution in [0.4, 0.5) is 14.9 Å². The third-order valence-electron chi connectivity index (χ3n) is 5.08. The lowest BCUT2D eigenvalue weighted by Gasteiger charge is -2.34. The third-order valence-corrected chi connectivity index (χ3v) is 5.08. The number of urea groups is 1. The predicted molar refractivity (Wildman–Crippen MR) is 111 cm³/mol. The topological polar surface area (TPSA) is 87.5 Å². The molecule has 2 aromatic rings. The van der Waals surface area contributed by atoms with Crippen molar-refractivity contribution < 1.29 is 14.0 Å². The van der Waals surface area contributed by atoms with Crippen LogP contribution in [0, 0.1) is 11.7 Å². The number of carbonyl (C=O) groups excluding carboxylic acids is 2. The Kier molecular flexibility index (Phi) is 7.19. The van der Waals surface area contributed by atoms with Crippen molar-refractivity contribution in [1.29, 1.82) is 0 Å². The number of nitrogens with zero attached hydrogens (tertiary/aromatic N) is 1. The first-order valence-corrected chi connectivity index (χ1v) is 9.90. The quantitative estimate of drug-likeness (QED) is 0.699. The lowest BCUT2D eigenvalue weighted by atomic mass is 9.96. The Labute approximate surface area is 170 Å². The summed E-state index contributed by atoms with van der Waals surface area (Å²) >= 11 is 0. The van der Waals surface area contributed by atoms with Crippen LogP contribution in [0.25, 0.3) is 0 Å². The number of rotatable bonds is 6. The monoisotopic (exact) mass is 398 g/mol. The molecule has 0 spiro atoms. The van der Waals surface area contributed by atoms with E-state index in [0.29, 0.717) is 31.7 Å². The molecule has 0 bridgehead atoms. The number of piperidine rings is 1. The van der Waals surface area contributed by atoms with Crippen LogP contribution in [0.3, 0.4) is 0 Å². The molecule has 4 N–H and O–H groups in total. The van der Waals surface area contributed by atoms with Crippen molar-refractivity contribution in [2.45, 2.75) is 25.3 Å². The fourth-order valence-electron chi connectivity index (χ4n) is 3.60. The third kappa shape index (κ3) is 6.29. The van der Waals surface area contributed by atoms with Gasteiger partial charge >= 0.3 is 6.03 Å². The molecule has 1 heterocycles. The van der Waals surface area contributed by atoms with Crippen LogP contribution in [0.5, 0.6) is 0 Å². The number of amides is 3. The highest BCUT2D eigenvalue weighted by Gasteiger charge is 2.27. The minimum absolute atomic E-state index is 0.0530. The molecule has 1 unspecified atom stereocenters. The molecule has 0 radical (unpaired) electrons. The zero-order chi connectivity index (χ0) is 20.6. The Bertz CT molecular complexity index is 831. The van der Waals surface area contributed by atoms with Gasteiger partial charge in [0.25, 0.3) is 0 Å². The van der Waals surface area contributed by atoms with Crippen molar-refractivity contribution in [2.75, 3.05) is 25.0 Å². The van der Waals surface area contributed by atoms with E-state index >= 15 is 0 Å². The summed E-state index contributed by atoms with van der Waals surface area (Å²) in [5, 5.41) is 5.42. The van der Waals surface area contributed by atoms with Gasteiger partial charge in [-0.15, -0.1) is 0 Å². The van der Waals surface area contributed by atoms with Crippen molar-refractivity contribution in [3.63, 3.8) is 0 Å². The van der Waals surface area contributed by atoms with Gasteiger partial charge in [-0.1, -0.05) is 36.4 Å². The maximum atomic E-state index is 13.2. The molecule has 1 aliphatic heterocycles. The largest absolute Gasteiger partial charge is 0.341 e. The summed E-state index contributed by atoms with van der Waals surface area (Å²) < 4.78 is 13.2. The van der Waals surface area contributed by atoms with E-state index in [4.69, 9.17) is 5.73 Å². The van der Waals surface area contributed by atoms with Crippen LogP contribution < -0.4 is 16.4 Å². The van der Waals surface area contributed by atoms with Gasteiger partial charge in [0.1, 0.15) is 5.82 Å². The van der Waals surface area contributed by atoms with E-state index in [9.17, 15) is 14.0 Å². The van der Waals surface area contributed by atoms with E-state index in [0.717, 1.165) is 18.4 Å². The highest BCUT2D eigenvalue weighted by Crippen LogP contribution is 2.17. The average Bonchev–Trinajstić information content (AvgIpc) is 2.72. The number of nitrogens with two attached hydrogens (primary N) is 1. The molecular weight excluding hydrogens is 371 g/mol. The van der Waals surface area contributed by atoms with Crippen LogP contribution in [0.2, 0.25) is 0 Å². The number of hydrogen-bond donors (Lipinski definition) is 3. The number of carbonyl (C=O) groups is 2. The van der Waals surface area contributed by atoms with E-state index in [-0.39, 0.29) is 17.9 Å². The number of halogens is 1. The van der Waals surface area contributed by atoms with Crippen molar-refractivity contribution in [3.05, 3.63) is 66.0 Å². The molecule has 2 aromatic carbocycles. The molecule has 29 heavy (non-hydrogen) atoms.